The summed E-state index contributed by atoms with van der Waals surface area (Å²) < 4.78 is 28.0. The van der Waals surface area contributed by atoms with E-state index < -0.39 is 15.6 Å². The molecule has 1 aliphatic heterocycles. The monoisotopic (exact) mass is 278 g/mol. The highest BCUT2D eigenvalue weighted by atomic mass is 32.2. The molecule has 0 radical (unpaired) electrons. The van der Waals surface area contributed by atoms with Crippen LogP contribution in [0.3, 0.4) is 0 Å². The molecule has 0 aromatic carbocycles. The molecule has 0 aliphatic carbocycles. The van der Waals surface area contributed by atoms with Crippen LogP contribution in [0, 0.1) is 0 Å². The van der Waals surface area contributed by atoms with Crippen LogP contribution in [-0.4, -0.2) is 70.6 Å². The maximum atomic E-state index is 11.9. The summed E-state index contributed by atoms with van der Waals surface area (Å²) in [5.74, 6) is -0.809. The molecular formula is C11H22N2O4S. The van der Waals surface area contributed by atoms with Crippen LogP contribution in [0.25, 0.3) is 0 Å². The number of sulfone groups is 1. The molecule has 0 spiro atoms. The second-order valence-electron chi connectivity index (χ2n) is 4.55. The first-order valence-corrected chi connectivity index (χ1v) is 7.95. The number of ether oxygens (including phenoxy) is 1. The lowest BCUT2D eigenvalue weighted by Crippen LogP contribution is -2.48. The lowest BCUT2D eigenvalue weighted by molar-refractivity contribution is -0.129. The minimum Gasteiger partial charge on any atom is -0.384 e. The number of hydrogen-bond donors (Lipinski definition) is 1. The van der Waals surface area contributed by atoms with E-state index in [-0.39, 0.29) is 24.3 Å². The molecule has 1 fully saturated rings. The molecule has 6 nitrogen and oxygen atoms in total. The predicted molar refractivity (Wildman–Crippen MR) is 69.2 cm³/mol. The zero-order chi connectivity index (χ0) is 13.6. The van der Waals surface area contributed by atoms with Crippen molar-refractivity contribution in [2.24, 2.45) is 0 Å². The zero-order valence-electron chi connectivity index (χ0n) is 11.0. The Morgan fingerprint density at radius 1 is 1.50 bits per heavy atom. The Labute approximate surface area is 109 Å². The van der Waals surface area contributed by atoms with E-state index in [0.29, 0.717) is 13.1 Å². The van der Waals surface area contributed by atoms with Gasteiger partial charge in [0.1, 0.15) is 5.75 Å². The average molecular weight is 278 g/mol. The Morgan fingerprint density at radius 2 is 2.22 bits per heavy atom. The van der Waals surface area contributed by atoms with Crippen molar-refractivity contribution in [2.75, 3.05) is 45.4 Å². The summed E-state index contributed by atoms with van der Waals surface area (Å²) in [6.45, 7) is 1.38. The van der Waals surface area contributed by atoms with E-state index in [1.807, 2.05) is 7.05 Å². The summed E-state index contributed by atoms with van der Waals surface area (Å²) in [6.07, 6.45) is 1.94. The fraction of sp³-hybridized carbons (Fsp3) is 0.909. The van der Waals surface area contributed by atoms with Gasteiger partial charge in [-0.05, 0) is 19.9 Å². The SMILES string of the molecule is CNC1CCCN(C(=O)CS(=O)(=O)CCOC)C1. The van der Waals surface area contributed by atoms with Gasteiger partial charge in [0.15, 0.2) is 9.84 Å². The number of piperidine rings is 1. The van der Waals surface area contributed by atoms with Crippen molar-refractivity contribution < 1.29 is 17.9 Å². The van der Waals surface area contributed by atoms with Crippen LogP contribution in [0.15, 0.2) is 0 Å². The van der Waals surface area contributed by atoms with E-state index >= 15 is 0 Å². The first kappa shape index (κ1) is 15.4. The van der Waals surface area contributed by atoms with E-state index in [1.165, 1.54) is 7.11 Å². The molecule has 0 bridgehead atoms. The third kappa shape index (κ3) is 4.91. The van der Waals surface area contributed by atoms with Crippen molar-refractivity contribution in [3.8, 4) is 0 Å². The number of likely N-dealkylation sites (tertiary alicyclic amines) is 1. The Kier molecular flexibility index (Phi) is 6.04. The smallest absolute Gasteiger partial charge is 0.237 e. The third-order valence-corrected chi connectivity index (χ3v) is 4.60. The number of nitrogens with one attached hydrogen (secondary N) is 1. The maximum Gasteiger partial charge on any atom is 0.237 e. The minimum absolute atomic E-state index is 0.0987. The molecule has 1 heterocycles. The maximum absolute atomic E-state index is 11.9. The number of nitrogens with zero attached hydrogens (tertiary/aromatic N) is 1. The Hall–Kier alpha value is -0.660. The van der Waals surface area contributed by atoms with Crippen molar-refractivity contribution in [3.05, 3.63) is 0 Å². The first-order valence-electron chi connectivity index (χ1n) is 6.13. The lowest BCUT2D eigenvalue weighted by Gasteiger charge is -2.32. The minimum atomic E-state index is -3.35. The van der Waals surface area contributed by atoms with Crippen molar-refractivity contribution in [2.45, 2.75) is 18.9 Å². The molecule has 0 aromatic heterocycles. The number of hydrogen-bond acceptors (Lipinski definition) is 5. The number of amides is 1. The van der Waals surface area contributed by atoms with Gasteiger partial charge in [0, 0.05) is 26.2 Å². The van der Waals surface area contributed by atoms with Crippen LogP contribution in [0.4, 0.5) is 0 Å². The molecule has 1 N–H and O–H groups in total. The fourth-order valence-corrected chi connectivity index (χ4v) is 3.12. The van der Waals surface area contributed by atoms with E-state index in [1.54, 1.807) is 4.90 Å². The van der Waals surface area contributed by atoms with E-state index in [0.717, 1.165) is 12.8 Å². The van der Waals surface area contributed by atoms with Crippen LogP contribution in [-0.2, 0) is 19.4 Å². The topological polar surface area (TPSA) is 75.7 Å². The normalized spacial score (nSPS) is 21.0. The molecule has 0 aromatic rings. The van der Waals surface area contributed by atoms with Gasteiger partial charge in [0.2, 0.25) is 5.91 Å². The second kappa shape index (κ2) is 7.06. The van der Waals surface area contributed by atoms with Crippen LogP contribution in [0.2, 0.25) is 0 Å². The predicted octanol–water partition coefficient (Wildman–Crippen LogP) is -0.742. The van der Waals surface area contributed by atoms with Gasteiger partial charge in [0.25, 0.3) is 0 Å². The molecule has 1 atom stereocenters. The molecule has 1 rings (SSSR count). The van der Waals surface area contributed by atoms with E-state index in [9.17, 15) is 13.2 Å². The summed E-state index contributed by atoms with van der Waals surface area (Å²) in [7, 11) is -0.0540. The molecule has 1 saturated heterocycles. The quantitative estimate of drug-likeness (QED) is 0.692. The largest absolute Gasteiger partial charge is 0.384 e. The van der Waals surface area contributed by atoms with Gasteiger partial charge >= 0.3 is 0 Å². The zero-order valence-corrected chi connectivity index (χ0v) is 11.8. The Bertz CT molecular complexity index is 369. The van der Waals surface area contributed by atoms with Crippen molar-refractivity contribution in [3.63, 3.8) is 0 Å². The highest BCUT2D eigenvalue weighted by Crippen LogP contribution is 2.10. The number of rotatable bonds is 6. The summed E-state index contributed by atoms with van der Waals surface area (Å²) in [5, 5.41) is 3.12. The molecule has 1 unspecified atom stereocenters. The van der Waals surface area contributed by atoms with Gasteiger partial charge in [-0.1, -0.05) is 0 Å². The van der Waals surface area contributed by atoms with Crippen molar-refractivity contribution in [1.82, 2.24) is 10.2 Å². The first-order chi connectivity index (χ1) is 8.48. The number of carbonyl (C=O) groups is 1. The molecule has 1 amide bonds. The highest BCUT2D eigenvalue weighted by Gasteiger charge is 2.26. The Morgan fingerprint density at radius 3 is 2.83 bits per heavy atom. The van der Waals surface area contributed by atoms with Crippen molar-refractivity contribution in [1.29, 1.82) is 0 Å². The van der Waals surface area contributed by atoms with Gasteiger partial charge in [-0.3, -0.25) is 4.79 Å². The summed E-state index contributed by atoms with van der Waals surface area (Å²) >= 11 is 0. The summed E-state index contributed by atoms with van der Waals surface area (Å²) in [4.78, 5) is 13.6. The van der Waals surface area contributed by atoms with Gasteiger partial charge < -0.3 is 15.0 Å². The lowest BCUT2D eigenvalue weighted by atomic mass is 10.1. The third-order valence-electron chi connectivity index (χ3n) is 3.12. The van der Waals surface area contributed by atoms with E-state index in [4.69, 9.17) is 4.74 Å². The highest BCUT2D eigenvalue weighted by molar-refractivity contribution is 7.92. The van der Waals surface area contributed by atoms with Gasteiger partial charge in [0.05, 0.1) is 12.4 Å². The van der Waals surface area contributed by atoms with Crippen LogP contribution in [0.1, 0.15) is 12.8 Å². The van der Waals surface area contributed by atoms with Gasteiger partial charge in [-0.25, -0.2) is 8.42 Å². The summed E-state index contributed by atoms with van der Waals surface area (Å²) in [5.41, 5.74) is 0. The van der Waals surface area contributed by atoms with Crippen molar-refractivity contribution >= 4 is 15.7 Å². The van der Waals surface area contributed by atoms with E-state index in [2.05, 4.69) is 5.32 Å². The molecule has 7 heteroatoms. The molecule has 0 saturated carbocycles. The second-order valence-corrected chi connectivity index (χ2v) is 6.74. The van der Waals surface area contributed by atoms with Crippen LogP contribution < -0.4 is 5.32 Å². The molecule has 18 heavy (non-hydrogen) atoms. The Balaban J connectivity index is 2.49. The molecule has 106 valence electrons. The van der Waals surface area contributed by atoms with Gasteiger partial charge in [-0.15, -0.1) is 0 Å². The van der Waals surface area contributed by atoms with Gasteiger partial charge in [-0.2, -0.15) is 0 Å². The standard InChI is InChI=1S/C11H22N2O4S/c1-12-10-4-3-5-13(8-10)11(14)9-18(15,16)7-6-17-2/h10,12H,3-9H2,1-2H3. The fourth-order valence-electron chi connectivity index (χ4n) is 2.00. The van der Waals surface area contributed by atoms with Crippen LogP contribution in [0.5, 0.6) is 0 Å². The molecular weight excluding hydrogens is 256 g/mol. The number of likely N-dealkylation sites (N-methyl/N-ethyl adjacent to an activating group) is 1. The average Bonchev–Trinajstić information content (AvgIpc) is 2.36. The molecule has 1 aliphatic rings. The summed E-state index contributed by atoms with van der Waals surface area (Å²) in [6, 6.07) is 0.268. The number of carbonyl (C=O) groups excluding carboxylic acids is 1. The van der Waals surface area contributed by atoms with Crippen LogP contribution >= 0.6 is 0 Å². The number of methoxy groups -OCH3 is 1.